The quantitative estimate of drug-likeness (QED) is 0.121. The number of ether oxygens (including phenoxy) is 2. The van der Waals surface area contributed by atoms with Crippen molar-refractivity contribution in [3.8, 4) is 0 Å². The zero-order chi connectivity index (χ0) is 31.1. The summed E-state index contributed by atoms with van der Waals surface area (Å²) in [6, 6.07) is 24.4. The van der Waals surface area contributed by atoms with E-state index in [1.165, 1.54) is 0 Å². The number of rotatable bonds is 15. The molecule has 0 heterocycles. The molecule has 1 aliphatic rings. The number of amides is 2. The monoisotopic (exact) mass is 619 g/mol. The van der Waals surface area contributed by atoms with Crippen LogP contribution in [0, 0.1) is 5.92 Å². The lowest BCUT2D eigenvalue weighted by Gasteiger charge is -2.24. The zero-order valence-electron chi connectivity index (χ0n) is 24.5. The van der Waals surface area contributed by atoms with E-state index in [2.05, 4.69) is 16.0 Å². The molecule has 4 rings (SSSR count). The molecule has 0 radical (unpaired) electrons. The predicted molar refractivity (Wildman–Crippen MR) is 167 cm³/mol. The molecule has 3 atom stereocenters. The molecule has 1 aliphatic carbocycles. The van der Waals surface area contributed by atoms with Gasteiger partial charge in [-0.3, -0.25) is 14.4 Å². The molecule has 1 fully saturated rings. The third kappa shape index (κ3) is 10.5. The van der Waals surface area contributed by atoms with Crippen molar-refractivity contribution in [3.05, 3.63) is 107 Å². The zero-order valence-corrected chi connectivity index (χ0v) is 25.3. The van der Waals surface area contributed by atoms with Crippen LogP contribution in [0.15, 0.2) is 84.9 Å². The van der Waals surface area contributed by atoms with E-state index in [4.69, 9.17) is 21.1 Å². The Morgan fingerprint density at radius 2 is 1.55 bits per heavy atom. The number of carbonyl (C=O) groups is 4. The van der Waals surface area contributed by atoms with Gasteiger partial charge in [-0.1, -0.05) is 90.8 Å². The van der Waals surface area contributed by atoms with Crippen molar-refractivity contribution in [2.75, 3.05) is 13.2 Å². The van der Waals surface area contributed by atoms with Crippen LogP contribution in [0.4, 0.5) is 4.79 Å². The first-order chi connectivity index (χ1) is 21.4. The van der Waals surface area contributed by atoms with Crippen molar-refractivity contribution in [1.82, 2.24) is 16.0 Å². The number of hydrogen-bond donors (Lipinski definition) is 3. The van der Waals surface area contributed by atoms with Gasteiger partial charge in [0.2, 0.25) is 5.91 Å². The molecular formula is C34H38ClN3O6. The molecule has 9 nitrogen and oxygen atoms in total. The fourth-order valence-electron chi connectivity index (χ4n) is 5.09. The van der Waals surface area contributed by atoms with Gasteiger partial charge < -0.3 is 25.4 Å². The van der Waals surface area contributed by atoms with Gasteiger partial charge in [0.15, 0.2) is 12.4 Å². The van der Waals surface area contributed by atoms with Crippen LogP contribution in [-0.2, 0) is 32.2 Å². The van der Waals surface area contributed by atoms with Gasteiger partial charge in [-0.25, -0.2) is 4.79 Å². The van der Waals surface area contributed by atoms with E-state index in [9.17, 15) is 19.2 Å². The summed E-state index contributed by atoms with van der Waals surface area (Å²) >= 11 is 6.01. The van der Waals surface area contributed by atoms with Crippen LogP contribution in [0.2, 0.25) is 5.02 Å². The highest BCUT2D eigenvalue weighted by Crippen LogP contribution is 2.27. The van der Waals surface area contributed by atoms with E-state index in [0.717, 1.165) is 17.5 Å². The highest BCUT2D eigenvalue weighted by molar-refractivity contribution is 6.30. The Labute approximate surface area is 262 Å². The molecule has 0 saturated heterocycles. The standard InChI is InChI=1S/C34H38ClN3O6/c35-27-18-16-24(17-19-27)21-37-30(15-8-20-36-34(42)44-22-25-9-3-1-4-10-25)32(40)38-29-14-7-13-28(29)33(41)43-23-31(39)26-11-5-2-6-12-26/h1-6,9-12,16-19,28-30,37H,7-8,13-15,20-23H2,(H,36,42)(H,38,40)/t28-,29+,30+/m1/s1. The first-order valence-corrected chi connectivity index (χ1v) is 15.2. The van der Waals surface area contributed by atoms with Gasteiger partial charge in [-0.2, -0.15) is 0 Å². The minimum absolute atomic E-state index is 0.172. The molecule has 232 valence electrons. The first kappa shape index (κ1) is 32.7. The fourth-order valence-corrected chi connectivity index (χ4v) is 5.22. The number of esters is 1. The summed E-state index contributed by atoms with van der Waals surface area (Å²) in [5.41, 5.74) is 2.33. The molecule has 44 heavy (non-hydrogen) atoms. The Hall–Kier alpha value is -4.21. The summed E-state index contributed by atoms with van der Waals surface area (Å²) in [7, 11) is 0. The number of Topliss-reactive ketones (excluding diaryl/α,β-unsaturated/α-hetero) is 1. The molecular weight excluding hydrogens is 582 g/mol. The first-order valence-electron chi connectivity index (χ1n) is 14.9. The lowest BCUT2D eigenvalue weighted by molar-refractivity contribution is -0.148. The fraction of sp³-hybridized carbons (Fsp3) is 0.353. The van der Waals surface area contributed by atoms with Gasteiger partial charge in [-0.05, 0) is 48.9 Å². The van der Waals surface area contributed by atoms with Gasteiger partial charge >= 0.3 is 12.1 Å². The van der Waals surface area contributed by atoms with Gasteiger partial charge in [-0.15, -0.1) is 0 Å². The normalized spacial score (nSPS) is 16.5. The molecule has 0 spiro atoms. The van der Waals surface area contributed by atoms with Crippen molar-refractivity contribution < 1.29 is 28.7 Å². The maximum Gasteiger partial charge on any atom is 0.407 e. The minimum atomic E-state index is -0.579. The van der Waals surface area contributed by atoms with E-state index >= 15 is 0 Å². The second-order valence-electron chi connectivity index (χ2n) is 10.7. The van der Waals surface area contributed by atoms with E-state index in [1.54, 1.807) is 36.4 Å². The van der Waals surface area contributed by atoms with Crippen LogP contribution in [0.1, 0.15) is 53.6 Å². The molecule has 1 saturated carbocycles. The Balaban J connectivity index is 1.28. The molecule has 3 aromatic rings. The van der Waals surface area contributed by atoms with E-state index in [-0.39, 0.29) is 24.9 Å². The number of nitrogens with one attached hydrogen (secondary N) is 3. The number of ketones is 1. The summed E-state index contributed by atoms with van der Waals surface area (Å²) in [5, 5.41) is 9.71. The van der Waals surface area contributed by atoms with Crippen LogP contribution in [0.3, 0.4) is 0 Å². The molecule has 0 aliphatic heterocycles. The van der Waals surface area contributed by atoms with E-state index in [1.807, 2.05) is 48.5 Å². The summed E-state index contributed by atoms with van der Waals surface area (Å²) < 4.78 is 10.6. The number of benzene rings is 3. The van der Waals surface area contributed by atoms with Gasteiger partial charge in [0, 0.05) is 29.7 Å². The second-order valence-corrected chi connectivity index (χ2v) is 11.2. The summed E-state index contributed by atoms with van der Waals surface area (Å²) in [6.45, 7) is 0.589. The third-order valence-corrected chi connectivity index (χ3v) is 7.77. The molecule has 0 aromatic heterocycles. The van der Waals surface area contributed by atoms with Crippen molar-refractivity contribution in [3.63, 3.8) is 0 Å². The van der Waals surface area contributed by atoms with Crippen molar-refractivity contribution in [2.24, 2.45) is 5.92 Å². The summed E-state index contributed by atoms with van der Waals surface area (Å²) in [4.78, 5) is 50.9. The van der Waals surface area contributed by atoms with E-state index in [0.29, 0.717) is 49.4 Å². The van der Waals surface area contributed by atoms with Crippen molar-refractivity contribution in [2.45, 2.75) is 57.3 Å². The van der Waals surface area contributed by atoms with Crippen LogP contribution in [-0.4, -0.2) is 49.0 Å². The highest BCUT2D eigenvalue weighted by atomic mass is 35.5. The lowest BCUT2D eigenvalue weighted by atomic mass is 10.0. The number of carbonyl (C=O) groups excluding carboxylic acids is 4. The Bertz CT molecular complexity index is 1370. The van der Waals surface area contributed by atoms with Gasteiger partial charge in [0.05, 0.1) is 12.0 Å². The number of halogens is 1. The largest absolute Gasteiger partial charge is 0.457 e. The predicted octanol–water partition coefficient (Wildman–Crippen LogP) is 5.22. The maximum atomic E-state index is 13.5. The molecule has 3 N–H and O–H groups in total. The Kier molecular flexibility index (Phi) is 12.8. The second kappa shape index (κ2) is 17.2. The summed E-state index contributed by atoms with van der Waals surface area (Å²) in [6.07, 6.45) is 2.39. The molecule has 0 unspecified atom stereocenters. The number of hydrogen-bond acceptors (Lipinski definition) is 7. The molecule has 10 heteroatoms. The highest BCUT2D eigenvalue weighted by Gasteiger charge is 2.36. The van der Waals surface area contributed by atoms with Gasteiger partial charge in [0.25, 0.3) is 0 Å². The third-order valence-electron chi connectivity index (χ3n) is 7.52. The van der Waals surface area contributed by atoms with Gasteiger partial charge in [0.1, 0.15) is 6.61 Å². The van der Waals surface area contributed by atoms with Crippen LogP contribution >= 0.6 is 11.6 Å². The lowest BCUT2D eigenvalue weighted by Crippen LogP contribution is -2.50. The minimum Gasteiger partial charge on any atom is -0.457 e. The van der Waals surface area contributed by atoms with Crippen LogP contribution < -0.4 is 16.0 Å². The molecule has 0 bridgehead atoms. The van der Waals surface area contributed by atoms with E-state index < -0.39 is 30.1 Å². The average Bonchev–Trinajstić information content (AvgIpc) is 3.51. The Morgan fingerprint density at radius 1 is 0.841 bits per heavy atom. The summed E-state index contributed by atoms with van der Waals surface area (Å²) in [5.74, 6) is -1.53. The molecule has 2 amide bonds. The Morgan fingerprint density at radius 3 is 2.27 bits per heavy atom. The van der Waals surface area contributed by atoms with Crippen molar-refractivity contribution >= 4 is 35.4 Å². The topological polar surface area (TPSA) is 123 Å². The van der Waals surface area contributed by atoms with Crippen LogP contribution in [0.5, 0.6) is 0 Å². The smallest absolute Gasteiger partial charge is 0.407 e. The maximum absolute atomic E-state index is 13.5. The SMILES string of the molecule is O=C(NCCC[C@H](NCc1ccc(Cl)cc1)C(=O)N[C@H]1CCC[C@H]1C(=O)OCC(=O)c1ccccc1)OCc1ccccc1. The molecule has 3 aromatic carbocycles. The van der Waals surface area contributed by atoms with Crippen molar-refractivity contribution in [1.29, 1.82) is 0 Å². The average molecular weight is 620 g/mol. The van der Waals surface area contributed by atoms with Crippen LogP contribution in [0.25, 0.3) is 0 Å². The number of alkyl carbamates (subject to hydrolysis) is 1.